The summed E-state index contributed by atoms with van der Waals surface area (Å²) in [6, 6.07) is 10.0. The Bertz CT molecular complexity index is 405. The van der Waals surface area contributed by atoms with Crippen LogP contribution in [0.3, 0.4) is 0 Å². The number of rotatable bonds is 4. The predicted octanol–water partition coefficient (Wildman–Crippen LogP) is 1.98. The smallest absolute Gasteiger partial charge is 0.0402 e. The van der Waals surface area contributed by atoms with E-state index in [0.717, 1.165) is 26.1 Å². The maximum Gasteiger partial charge on any atom is 0.0402 e. The van der Waals surface area contributed by atoms with Crippen molar-refractivity contribution >= 4 is 5.69 Å². The molecule has 106 valence electrons. The Balaban J connectivity index is 2.22. The number of anilines is 1. The Kier molecular flexibility index (Phi) is 4.83. The SMILES string of the molecule is CCc1ccccc1N1CC(CNC)N(C)CC1C. The van der Waals surface area contributed by atoms with E-state index in [4.69, 9.17) is 0 Å². The first kappa shape index (κ1) is 14.4. The Labute approximate surface area is 117 Å². The number of para-hydroxylation sites is 1. The molecule has 2 unspecified atom stereocenters. The van der Waals surface area contributed by atoms with E-state index < -0.39 is 0 Å². The van der Waals surface area contributed by atoms with Gasteiger partial charge in [-0.2, -0.15) is 0 Å². The highest BCUT2D eigenvalue weighted by molar-refractivity contribution is 5.55. The molecular weight excluding hydrogens is 234 g/mol. The number of benzene rings is 1. The van der Waals surface area contributed by atoms with Crippen LogP contribution in [0.15, 0.2) is 24.3 Å². The van der Waals surface area contributed by atoms with Gasteiger partial charge in [0, 0.05) is 37.4 Å². The molecule has 2 atom stereocenters. The molecule has 0 bridgehead atoms. The summed E-state index contributed by atoms with van der Waals surface area (Å²) in [4.78, 5) is 5.06. The molecule has 0 aliphatic carbocycles. The van der Waals surface area contributed by atoms with E-state index >= 15 is 0 Å². The molecule has 3 nitrogen and oxygen atoms in total. The highest BCUT2D eigenvalue weighted by atomic mass is 15.3. The van der Waals surface area contributed by atoms with Crippen molar-refractivity contribution in [2.24, 2.45) is 0 Å². The van der Waals surface area contributed by atoms with Gasteiger partial charge in [0.15, 0.2) is 0 Å². The maximum absolute atomic E-state index is 3.31. The van der Waals surface area contributed by atoms with Gasteiger partial charge in [-0.3, -0.25) is 4.90 Å². The van der Waals surface area contributed by atoms with Gasteiger partial charge in [0.25, 0.3) is 0 Å². The molecule has 1 saturated heterocycles. The molecule has 1 N–H and O–H groups in total. The standard InChI is InChI=1S/C16H27N3/c1-5-14-8-6-7-9-16(14)19-12-15(10-17-3)18(4)11-13(19)2/h6-9,13,15,17H,5,10-12H2,1-4H3. The quantitative estimate of drug-likeness (QED) is 0.894. The van der Waals surface area contributed by atoms with Gasteiger partial charge in [0.1, 0.15) is 0 Å². The van der Waals surface area contributed by atoms with Crippen LogP contribution in [0.2, 0.25) is 0 Å². The minimum Gasteiger partial charge on any atom is -0.366 e. The third kappa shape index (κ3) is 3.10. The van der Waals surface area contributed by atoms with Crippen LogP contribution < -0.4 is 10.2 Å². The summed E-state index contributed by atoms with van der Waals surface area (Å²) in [5.74, 6) is 0. The lowest BCUT2D eigenvalue weighted by Crippen LogP contribution is -2.58. The fraction of sp³-hybridized carbons (Fsp3) is 0.625. The highest BCUT2D eigenvalue weighted by Gasteiger charge is 2.29. The van der Waals surface area contributed by atoms with Crippen LogP contribution in [-0.4, -0.2) is 50.7 Å². The molecule has 0 aromatic heterocycles. The lowest BCUT2D eigenvalue weighted by atomic mass is 10.0. The van der Waals surface area contributed by atoms with Gasteiger partial charge in [-0.15, -0.1) is 0 Å². The fourth-order valence-corrected chi connectivity index (χ4v) is 3.09. The van der Waals surface area contributed by atoms with Gasteiger partial charge < -0.3 is 10.2 Å². The first-order chi connectivity index (χ1) is 9.17. The Hall–Kier alpha value is -1.06. The zero-order chi connectivity index (χ0) is 13.8. The van der Waals surface area contributed by atoms with Crippen LogP contribution in [0.4, 0.5) is 5.69 Å². The number of nitrogens with zero attached hydrogens (tertiary/aromatic N) is 2. The number of hydrogen-bond donors (Lipinski definition) is 1. The van der Waals surface area contributed by atoms with E-state index in [0.29, 0.717) is 12.1 Å². The van der Waals surface area contributed by atoms with Crippen molar-refractivity contribution in [2.45, 2.75) is 32.4 Å². The van der Waals surface area contributed by atoms with Crippen molar-refractivity contribution < 1.29 is 0 Å². The van der Waals surface area contributed by atoms with Crippen molar-refractivity contribution in [3.63, 3.8) is 0 Å². The largest absolute Gasteiger partial charge is 0.366 e. The molecule has 1 aliphatic rings. The van der Waals surface area contributed by atoms with Crippen molar-refractivity contribution in [1.29, 1.82) is 0 Å². The first-order valence-corrected chi connectivity index (χ1v) is 7.36. The third-order valence-corrected chi connectivity index (χ3v) is 4.24. The van der Waals surface area contributed by atoms with Gasteiger partial charge in [-0.25, -0.2) is 0 Å². The van der Waals surface area contributed by atoms with E-state index in [1.807, 2.05) is 7.05 Å². The van der Waals surface area contributed by atoms with Crippen molar-refractivity contribution in [1.82, 2.24) is 10.2 Å². The van der Waals surface area contributed by atoms with E-state index in [2.05, 4.69) is 60.3 Å². The second kappa shape index (κ2) is 6.40. The molecule has 0 saturated carbocycles. The van der Waals surface area contributed by atoms with Crippen molar-refractivity contribution in [2.75, 3.05) is 38.6 Å². The summed E-state index contributed by atoms with van der Waals surface area (Å²) >= 11 is 0. The van der Waals surface area contributed by atoms with Crippen LogP contribution in [-0.2, 0) is 6.42 Å². The van der Waals surface area contributed by atoms with Gasteiger partial charge in [-0.1, -0.05) is 25.1 Å². The van der Waals surface area contributed by atoms with Crippen molar-refractivity contribution in [3.8, 4) is 0 Å². The maximum atomic E-state index is 3.31. The Morgan fingerprint density at radius 3 is 2.68 bits per heavy atom. The topological polar surface area (TPSA) is 18.5 Å². The minimum absolute atomic E-state index is 0.575. The molecule has 19 heavy (non-hydrogen) atoms. The summed E-state index contributed by atoms with van der Waals surface area (Å²) in [7, 11) is 4.28. The van der Waals surface area contributed by atoms with Gasteiger partial charge >= 0.3 is 0 Å². The van der Waals surface area contributed by atoms with E-state index in [-0.39, 0.29) is 0 Å². The molecule has 1 aromatic carbocycles. The zero-order valence-electron chi connectivity index (χ0n) is 12.7. The molecule has 0 spiro atoms. The summed E-state index contributed by atoms with van der Waals surface area (Å²) in [5.41, 5.74) is 2.88. The van der Waals surface area contributed by atoms with Gasteiger partial charge in [0.2, 0.25) is 0 Å². The summed E-state index contributed by atoms with van der Waals surface area (Å²) < 4.78 is 0. The third-order valence-electron chi connectivity index (χ3n) is 4.24. The first-order valence-electron chi connectivity index (χ1n) is 7.36. The lowest BCUT2D eigenvalue weighted by molar-refractivity contribution is 0.190. The molecular formula is C16H27N3. The highest BCUT2D eigenvalue weighted by Crippen LogP contribution is 2.26. The normalized spacial score (nSPS) is 24.7. The average Bonchev–Trinajstić information content (AvgIpc) is 2.42. The number of nitrogens with one attached hydrogen (secondary N) is 1. The number of likely N-dealkylation sites (N-methyl/N-ethyl adjacent to an activating group) is 2. The summed E-state index contributed by atoms with van der Waals surface area (Å²) in [6.45, 7) is 7.86. The molecule has 0 radical (unpaired) electrons. The number of hydrogen-bond acceptors (Lipinski definition) is 3. The molecule has 0 amide bonds. The molecule has 1 heterocycles. The van der Waals surface area contributed by atoms with Gasteiger partial charge in [-0.05, 0) is 39.1 Å². The Morgan fingerprint density at radius 2 is 2.00 bits per heavy atom. The average molecular weight is 261 g/mol. The molecule has 2 rings (SSSR count). The van der Waals surface area contributed by atoms with Crippen LogP contribution in [0.25, 0.3) is 0 Å². The second-order valence-electron chi connectivity index (χ2n) is 5.63. The van der Waals surface area contributed by atoms with Crippen LogP contribution >= 0.6 is 0 Å². The molecule has 1 aromatic rings. The van der Waals surface area contributed by atoms with Crippen LogP contribution in [0.1, 0.15) is 19.4 Å². The van der Waals surface area contributed by atoms with E-state index in [9.17, 15) is 0 Å². The number of piperazine rings is 1. The lowest BCUT2D eigenvalue weighted by Gasteiger charge is -2.45. The van der Waals surface area contributed by atoms with Crippen LogP contribution in [0, 0.1) is 0 Å². The monoisotopic (exact) mass is 261 g/mol. The molecule has 1 aliphatic heterocycles. The molecule has 3 heteroatoms. The van der Waals surface area contributed by atoms with E-state index in [1.54, 1.807) is 0 Å². The Morgan fingerprint density at radius 1 is 1.26 bits per heavy atom. The predicted molar refractivity (Wildman–Crippen MR) is 83.0 cm³/mol. The summed E-state index contributed by atoms with van der Waals surface area (Å²) in [6.07, 6.45) is 1.10. The van der Waals surface area contributed by atoms with Crippen LogP contribution in [0.5, 0.6) is 0 Å². The number of aryl methyl sites for hydroxylation is 1. The van der Waals surface area contributed by atoms with Crippen molar-refractivity contribution in [3.05, 3.63) is 29.8 Å². The fourth-order valence-electron chi connectivity index (χ4n) is 3.09. The second-order valence-corrected chi connectivity index (χ2v) is 5.63. The van der Waals surface area contributed by atoms with E-state index in [1.165, 1.54) is 11.3 Å². The summed E-state index contributed by atoms with van der Waals surface area (Å²) in [5, 5.41) is 3.31. The zero-order valence-corrected chi connectivity index (χ0v) is 12.7. The minimum atomic E-state index is 0.575. The van der Waals surface area contributed by atoms with Gasteiger partial charge in [0.05, 0.1) is 0 Å². The molecule has 1 fully saturated rings.